The molecule has 1 amide bonds. The Morgan fingerprint density at radius 3 is 3.00 bits per heavy atom. The van der Waals surface area contributed by atoms with Crippen molar-refractivity contribution in [2.24, 2.45) is 0 Å². The normalized spacial score (nSPS) is 11.0. The van der Waals surface area contributed by atoms with E-state index in [4.69, 9.17) is 8.94 Å². The lowest BCUT2D eigenvalue weighted by atomic mass is 10.2. The Labute approximate surface area is 157 Å². The monoisotopic (exact) mass is 382 g/mol. The van der Waals surface area contributed by atoms with Gasteiger partial charge in [0.2, 0.25) is 0 Å². The molecule has 4 rings (SSSR count). The smallest absolute Gasteiger partial charge is 0.408 e. The molecule has 3 aromatic heterocycles. The van der Waals surface area contributed by atoms with E-state index in [0.29, 0.717) is 33.1 Å². The average molecular weight is 382 g/mol. The largest absolute Gasteiger partial charge is 0.417 e. The van der Waals surface area contributed by atoms with Gasteiger partial charge in [-0.3, -0.25) is 9.78 Å². The summed E-state index contributed by atoms with van der Waals surface area (Å²) in [5.74, 6) is 0.434. The number of amides is 1. The molecule has 2 N–H and O–H groups in total. The second kappa shape index (κ2) is 7.12. The minimum absolute atomic E-state index is 0.299. The van der Waals surface area contributed by atoms with E-state index < -0.39 is 5.76 Å². The number of oxazole rings is 1. The van der Waals surface area contributed by atoms with Crippen LogP contribution in [0.2, 0.25) is 0 Å². The number of aromatic amines is 1. The number of hydrogen-bond donors (Lipinski definition) is 2. The number of rotatable bonds is 5. The van der Waals surface area contributed by atoms with Gasteiger partial charge in [-0.15, -0.1) is 0 Å². The highest BCUT2D eigenvalue weighted by Crippen LogP contribution is 2.25. The third-order valence-corrected chi connectivity index (χ3v) is 4.76. The SMILES string of the molecule is Cc1cc(CSc2ncccc2C(=O)Nc2ccc3oc(=O)[nH]c3c2)no1. The molecule has 0 aliphatic carbocycles. The van der Waals surface area contributed by atoms with E-state index in [9.17, 15) is 9.59 Å². The van der Waals surface area contributed by atoms with Crippen LogP contribution in [0.25, 0.3) is 11.1 Å². The van der Waals surface area contributed by atoms with Crippen LogP contribution in [0.3, 0.4) is 0 Å². The van der Waals surface area contributed by atoms with E-state index in [1.165, 1.54) is 11.8 Å². The lowest BCUT2D eigenvalue weighted by Gasteiger charge is -2.08. The number of hydrogen-bond acceptors (Lipinski definition) is 7. The van der Waals surface area contributed by atoms with E-state index in [0.717, 1.165) is 11.5 Å². The van der Waals surface area contributed by atoms with Crippen LogP contribution >= 0.6 is 11.8 Å². The quantitative estimate of drug-likeness (QED) is 0.509. The first-order valence-corrected chi connectivity index (χ1v) is 9.01. The molecule has 9 heteroatoms. The second-order valence-electron chi connectivity index (χ2n) is 5.75. The first-order valence-electron chi connectivity index (χ1n) is 8.03. The molecule has 27 heavy (non-hydrogen) atoms. The van der Waals surface area contributed by atoms with Crippen molar-refractivity contribution in [3.63, 3.8) is 0 Å². The molecule has 1 aromatic carbocycles. The van der Waals surface area contributed by atoms with Gasteiger partial charge < -0.3 is 14.3 Å². The molecule has 136 valence electrons. The molecule has 0 saturated heterocycles. The van der Waals surface area contributed by atoms with Gasteiger partial charge in [0.05, 0.1) is 16.8 Å². The molecule has 0 spiro atoms. The summed E-state index contributed by atoms with van der Waals surface area (Å²) in [5, 5.41) is 7.35. The second-order valence-corrected chi connectivity index (χ2v) is 6.72. The first-order chi connectivity index (χ1) is 13.1. The van der Waals surface area contributed by atoms with Crippen molar-refractivity contribution in [2.45, 2.75) is 17.7 Å². The number of pyridine rings is 1. The number of aromatic nitrogens is 3. The Balaban J connectivity index is 1.53. The lowest BCUT2D eigenvalue weighted by molar-refractivity contribution is 0.102. The van der Waals surface area contributed by atoms with Crippen LogP contribution in [-0.4, -0.2) is 21.0 Å². The van der Waals surface area contributed by atoms with Crippen LogP contribution in [0, 0.1) is 6.92 Å². The number of nitrogens with zero attached hydrogens (tertiary/aromatic N) is 2. The highest BCUT2D eigenvalue weighted by Gasteiger charge is 2.14. The van der Waals surface area contributed by atoms with Crippen LogP contribution in [0.15, 0.2) is 61.4 Å². The highest BCUT2D eigenvalue weighted by atomic mass is 32.2. The summed E-state index contributed by atoms with van der Waals surface area (Å²) in [6, 6.07) is 10.2. The van der Waals surface area contributed by atoms with E-state index in [-0.39, 0.29) is 5.91 Å². The molecular weight excluding hydrogens is 368 g/mol. The van der Waals surface area contributed by atoms with Crippen molar-refractivity contribution in [3.05, 3.63) is 70.2 Å². The molecule has 0 bridgehead atoms. The third kappa shape index (κ3) is 3.77. The average Bonchev–Trinajstić information content (AvgIpc) is 3.24. The van der Waals surface area contributed by atoms with Gasteiger partial charge in [-0.2, -0.15) is 0 Å². The van der Waals surface area contributed by atoms with Gasteiger partial charge in [-0.25, -0.2) is 9.78 Å². The minimum atomic E-state index is -0.539. The Kier molecular flexibility index (Phi) is 4.51. The van der Waals surface area contributed by atoms with Crippen molar-refractivity contribution in [3.8, 4) is 0 Å². The van der Waals surface area contributed by atoms with Gasteiger partial charge in [0.1, 0.15) is 10.8 Å². The summed E-state index contributed by atoms with van der Waals surface area (Å²) in [6.45, 7) is 1.82. The molecular formula is C18H14N4O4S. The summed E-state index contributed by atoms with van der Waals surface area (Å²) in [4.78, 5) is 30.8. The van der Waals surface area contributed by atoms with Crippen LogP contribution in [0.1, 0.15) is 21.8 Å². The molecule has 8 nitrogen and oxygen atoms in total. The summed E-state index contributed by atoms with van der Waals surface area (Å²) >= 11 is 1.40. The summed E-state index contributed by atoms with van der Waals surface area (Å²) in [6.07, 6.45) is 1.63. The molecule has 0 aliphatic heterocycles. The van der Waals surface area contributed by atoms with Crippen LogP contribution < -0.4 is 11.1 Å². The van der Waals surface area contributed by atoms with Gasteiger partial charge in [0.25, 0.3) is 5.91 Å². The predicted molar refractivity (Wildman–Crippen MR) is 99.8 cm³/mol. The fraction of sp³-hybridized carbons (Fsp3) is 0.111. The molecule has 0 radical (unpaired) electrons. The molecule has 3 heterocycles. The topological polar surface area (TPSA) is 114 Å². The van der Waals surface area contributed by atoms with E-state index in [1.54, 1.807) is 36.5 Å². The number of carbonyl (C=O) groups excluding carboxylic acids is 1. The van der Waals surface area contributed by atoms with Crippen molar-refractivity contribution in [1.29, 1.82) is 0 Å². The maximum absolute atomic E-state index is 12.7. The minimum Gasteiger partial charge on any atom is -0.408 e. The fourth-order valence-electron chi connectivity index (χ4n) is 2.54. The Hall–Kier alpha value is -3.33. The number of anilines is 1. The van der Waals surface area contributed by atoms with Crippen molar-refractivity contribution >= 4 is 34.5 Å². The first kappa shape index (κ1) is 17.1. The summed E-state index contributed by atoms with van der Waals surface area (Å²) in [5.41, 5.74) is 2.71. The molecule has 0 aliphatic rings. The number of thioether (sulfide) groups is 1. The van der Waals surface area contributed by atoms with Gasteiger partial charge in [0.15, 0.2) is 5.58 Å². The van der Waals surface area contributed by atoms with Gasteiger partial charge in [-0.05, 0) is 37.3 Å². The van der Waals surface area contributed by atoms with E-state index in [2.05, 4.69) is 20.4 Å². The van der Waals surface area contributed by atoms with E-state index >= 15 is 0 Å². The number of carbonyl (C=O) groups is 1. The van der Waals surface area contributed by atoms with Crippen LogP contribution in [0.4, 0.5) is 5.69 Å². The molecule has 0 unspecified atom stereocenters. The van der Waals surface area contributed by atoms with Crippen LogP contribution in [0.5, 0.6) is 0 Å². The molecule has 0 fully saturated rings. The number of benzene rings is 1. The fourth-order valence-corrected chi connectivity index (χ4v) is 3.41. The molecule has 4 aromatic rings. The van der Waals surface area contributed by atoms with Gasteiger partial charge >= 0.3 is 5.76 Å². The maximum atomic E-state index is 12.7. The van der Waals surface area contributed by atoms with Crippen molar-refractivity contribution in [1.82, 2.24) is 15.1 Å². The zero-order valence-corrected chi connectivity index (χ0v) is 15.0. The maximum Gasteiger partial charge on any atom is 0.417 e. The van der Waals surface area contributed by atoms with Crippen molar-refractivity contribution in [2.75, 3.05) is 5.32 Å². The zero-order valence-electron chi connectivity index (χ0n) is 14.2. The lowest BCUT2D eigenvalue weighted by Crippen LogP contribution is -2.13. The van der Waals surface area contributed by atoms with Gasteiger partial charge in [-0.1, -0.05) is 16.9 Å². The predicted octanol–water partition coefficient (Wildman–Crippen LogP) is 3.36. The molecule has 0 saturated carbocycles. The zero-order chi connectivity index (χ0) is 18.8. The molecule has 0 atom stereocenters. The Morgan fingerprint density at radius 2 is 2.19 bits per heavy atom. The number of aryl methyl sites for hydroxylation is 1. The number of nitrogens with one attached hydrogen (secondary N) is 2. The number of fused-ring (bicyclic) bond motifs is 1. The standard InChI is InChI=1S/C18H14N4O4S/c1-10-7-12(22-26-10)9-27-17-13(3-2-6-19-17)16(23)20-11-4-5-15-14(8-11)21-18(24)25-15/h2-8H,9H2,1H3,(H,20,23)(H,21,24). The van der Waals surface area contributed by atoms with E-state index in [1.807, 2.05) is 13.0 Å². The third-order valence-electron chi connectivity index (χ3n) is 3.73. The van der Waals surface area contributed by atoms with Gasteiger partial charge in [0, 0.05) is 23.7 Å². The van der Waals surface area contributed by atoms with Crippen molar-refractivity contribution < 1.29 is 13.7 Å². The Bertz CT molecular complexity index is 1180. The van der Waals surface area contributed by atoms with Crippen LogP contribution in [-0.2, 0) is 5.75 Å². The highest BCUT2D eigenvalue weighted by molar-refractivity contribution is 7.98. The number of H-pyrrole nitrogens is 1. The summed E-state index contributed by atoms with van der Waals surface area (Å²) in [7, 11) is 0. The summed E-state index contributed by atoms with van der Waals surface area (Å²) < 4.78 is 10.0. The Morgan fingerprint density at radius 1 is 1.30 bits per heavy atom.